The van der Waals surface area contributed by atoms with Gasteiger partial charge in [0.15, 0.2) is 17.1 Å². The van der Waals surface area contributed by atoms with Gasteiger partial charge in [0.25, 0.3) is 0 Å². The van der Waals surface area contributed by atoms with Gasteiger partial charge in [-0.25, -0.2) is 4.98 Å². The van der Waals surface area contributed by atoms with Crippen molar-refractivity contribution in [3.63, 3.8) is 0 Å². The fourth-order valence-corrected chi connectivity index (χ4v) is 3.55. The minimum atomic E-state index is 0.552. The van der Waals surface area contributed by atoms with E-state index in [4.69, 9.17) is 14.2 Å². The van der Waals surface area contributed by atoms with Crippen molar-refractivity contribution in [2.24, 2.45) is 0 Å². The Labute approximate surface area is 175 Å². The van der Waals surface area contributed by atoms with E-state index in [1.54, 1.807) is 27.5 Å². The first-order valence-corrected chi connectivity index (χ1v) is 9.54. The van der Waals surface area contributed by atoms with Gasteiger partial charge in [0.05, 0.1) is 27.5 Å². The highest BCUT2D eigenvalue weighted by molar-refractivity contribution is 5.81. The summed E-state index contributed by atoms with van der Waals surface area (Å²) >= 11 is 0. The number of hydrogen-bond acceptors (Lipinski definition) is 6. The molecule has 154 valence electrons. The van der Waals surface area contributed by atoms with Crippen molar-refractivity contribution in [2.45, 2.75) is 6.54 Å². The fraction of sp³-hybridized carbons (Fsp3) is 0.217. The molecule has 0 fully saturated rings. The van der Waals surface area contributed by atoms with Gasteiger partial charge in [-0.1, -0.05) is 30.3 Å². The summed E-state index contributed by atoms with van der Waals surface area (Å²) in [5.74, 6) is 2.67. The lowest BCUT2D eigenvalue weighted by molar-refractivity contribution is 0.324. The second-order valence-corrected chi connectivity index (χ2v) is 6.85. The lowest BCUT2D eigenvalue weighted by Crippen LogP contribution is -2.19. The van der Waals surface area contributed by atoms with Gasteiger partial charge in [0.1, 0.15) is 5.82 Å². The molecule has 0 saturated carbocycles. The zero-order valence-corrected chi connectivity index (χ0v) is 17.5. The van der Waals surface area contributed by atoms with Crippen LogP contribution in [-0.4, -0.2) is 43.0 Å². The zero-order valence-electron chi connectivity index (χ0n) is 17.5. The number of ether oxygens (including phenoxy) is 3. The average molecular weight is 404 g/mol. The van der Waals surface area contributed by atoms with Crippen LogP contribution in [0.25, 0.3) is 16.8 Å². The average Bonchev–Trinajstić information content (AvgIpc) is 3.23. The molecule has 0 aliphatic carbocycles. The van der Waals surface area contributed by atoms with Crippen LogP contribution >= 0.6 is 0 Å². The summed E-state index contributed by atoms with van der Waals surface area (Å²) < 4.78 is 18.3. The summed E-state index contributed by atoms with van der Waals surface area (Å²) in [5.41, 5.74) is 3.74. The highest BCUT2D eigenvalue weighted by Gasteiger charge is 2.18. The van der Waals surface area contributed by atoms with Crippen molar-refractivity contribution in [3.8, 4) is 28.4 Å². The second kappa shape index (κ2) is 8.32. The number of nitrogens with zero attached hydrogens (tertiary/aromatic N) is 4. The SMILES string of the molecule is COc1cc(-c2cnn3c(N(C)Cc4ccccc4)ccnc23)cc(OC)c1OC. The van der Waals surface area contributed by atoms with Crippen molar-refractivity contribution in [1.29, 1.82) is 0 Å². The molecule has 0 radical (unpaired) electrons. The molecule has 0 aliphatic rings. The van der Waals surface area contributed by atoms with Crippen molar-refractivity contribution in [2.75, 3.05) is 33.3 Å². The third kappa shape index (κ3) is 3.50. The summed E-state index contributed by atoms with van der Waals surface area (Å²) in [6.45, 7) is 0.763. The quantitative estimate of drug-likeness (QED) is 0.463. The second-order valence-electron chi connectivity index (χ2n) is 6.85. The molecule has 0 aliphatic heterocycles. The topological polar surface area (TPSA) is 61.1 Å². The van der Waals surface area contributed by atoms with E-state index < -0.39 is 0 Å². The predicted molar refractivity (Wildman–Crippen MR) is 117 cm³/mol. The Kier molecular flexibility index (Phi) is 5.43. The largest absolute Gasteiger partial charge is 0.493 e. The molecular formula is C23H24N4O3. The summed E-state index contributed by atoms with van der Waals surface area (Å²) in [4.78, 5) is 6.73. The summed E-state index contributed by atoms with van der Waals surface area (Å²) in [7, 11) is 6.84. The van der Waals surface area contributed by atoms with E-state index in [2.05, 4.69) is 27.1 Å². The molecule has 0 amide bonds. The lowest BCUT2D eigenvalue weighted by atomic mass is 10.1. The van der Waals surface area contributed by atoms with Crippen molar-refractivity contribution in [3.05, 3.63) is 66.5 Å². The molecule has 0 saturated heterocycles. The molecular weight excluding hydrogens is 380 g/mol. The molecule has 2 heterocycles. The molecule has 0 spiro atoms. The number of aromatic nitrogens is 3. The van der Waals surface area contributed by atoms with E-state index in [9.17, 15) is 0 Å². The van der Waals surface area contributed by atoms with Crippen LogP contribution in [0.4, 0.5) is 5.82 Å². The number of hydrogen-bond donors (Lipinski definition) is 0. The Balaban J connectivity index is 1.77. The van der Waals surface area contributed by atoms with Crippen molar-refractivity contribution in [1.82, 2.24) is 14.6 Å². The van der Waals surface area contributed by atoms with Gasteiger partial charge in [0.2, 0.25) is 5.75 Å². The van der Waals surface area contributed by atoms with Crippen LogP contribution in [0.5, 0.6) is 17.2 Å². The van der Waals surface area contributed by atoms with Crippen LogP contribution in [0.1, 0.15) is 5.56 Å². The zero-order chi connectivity index (χ0) is 21.1. The minimum Gasteiger partial charge on any atom is -0.493 e. The number of fused-ring (bicyclic) bond motifs is 1. The van der Waals surface area contributed by atoms with Crippen LogP contribution in [0.3, 0.4) is 0 Å². The Hall–Kier alpha value is -3.74. The van der Waals surface area contributed by atoms with Gasteiger partial charge in [-0.15, -0.1) is 0 Å². The third-order valence-corrected chi connectivity index (χ3v) is 5.01. The Morgan fingerprint density at radius 1 is 0.933 bits per heavy atom. The first-order valence-electron chi connectivity index (χ1n) is 9.54. The molecule has 0 atom stereocenters. The smallest absolute Gasteiger partial charge is 0.203 e. The van der Waals surface area contributed by atoms with Gasteiger partial charge in [-0.2, -0.15) is 9.61 Å². The van der Waals surface area contributed by atoms with Crippen LogP contribution in [0.2, 0.25) is 0 Å². The molecule has 2 aromatic heterocycles. The summed E-state index contributed by atoms with van der Waals surface area (Å²) in [6.07, 6.45) is 3.61. The maximum atomic E-state index is 5.50. The van der Waals surface area contributed by atoms with Crippen LogP contribution in [0, 0.1) is 0 Å². The monoisotopic (exact) mass is 404 g/mol. The lowest BCUT2D eigenvalue weighted by Gasteiger charge is -2.20. The normalized spacial score (nSPS) is 10.8. The van der Waals surface area contributed by atoms with Gasteiger partial charge in [-0.05, 0) is 29.3 Å². The minimum absolute atomic E-state index is 0.552. The molecule has 4 aromatic rings. The van der Waals surface area contributed by atoms with Crippen LogP contribution in [-0.2, 0) is 6.54 Å². The summed E-state index contributed by atoms with van der Waals surface area (Å²) in [5, 5.41) is 4.61. The fourth-order valence-electron chi connectivity index (χ4n) is 3.55. The molecule has 4 rings (SSSR count). The van der Waals surface area contributed by atoms with Gasteiger partial charge in [-0.3, -0.25) is 0 Å². The molecule has 7 heteroatoms. The molecule has 0 unspecified atom stereocenters. The molecule has 30 heavy (non-hydrogen) atoms. The van der Waals surface area contributed by atoms with Gasteiger partial charge in [0, 0.05) is 25.4 Å². The number of benzene rings is 2. The Bertz CT molecular complexity index is 1130. The van der Waals surface area contributed by atoms with E-state index in [1.165, 1.54) is 5.56 Å². The van der Waals surface area contributed by atoms with E-state index in [0.29, 0.717) is 17.2 Å². The van der Waals surface area contributed by atoms with E-state index in [0.717, 1.165) is 29.1 Å². The highest BCUT2D eigenvalue weighted by atomic mass is 16.5. The number of anilines is 1. The molecule has 7 nitrogen and oxygen atoms in total. The van der Waals surface area contributed by atoms with E-state index >= 15 is 0 Å². The summed E-state index contributed by atoms with van der Waals surface area (Å²) in [6, 6.07) is 16.1. The first kappa shape index (κ1) is 19.6. The maximum absolute atomic E-state index is 5.50. The van der Waals surface area contributed by atoms with Crippen molar-refractivity contribution < 1.29 is 14.2 Å². The van der Waals surface area contributed by atoms with Gasteiger partial charge >= 0.3 is 0 Å². The van der Waals surface area contributed by atoms with Crippen LogP contribution in [0.15, 0.2) is 60.9 Å². The van der Waals surface area contributed by atoms with Gasteiger partial charge < -0.3 is 19.1 Å². The van der Waals surface area contributed by atoms with E-state index in [1.807, 2.05) is 54.2 Å². The molecule has 0 N–H and O–H groups in total. The molecule has 0 bridgehead atoms. The maximum Gasteiger partial charge on any atom is 0.203 e. The number of methoxy groups -OCH3 is 3. The number of rotatable bonds is 7. The third-order valence-electron chi connectivity index (χ3n) is 5.01. The standard InChI is InChI=1S/C23H24N4O3/c1-26(15-16-8-6-5-7-9-16)21-10-11-24-23-18(14-25-27(21)23)17-12-19(28-2)22(30-4)20(13-17)29-3/h5-14H,15H2,1-4H3. The van der Waals surface area contributed by atoms with E-state index in [-0.39, 0.29) is 0 Å². The Morgan fingerprint density at radius 2 is 1.63 bits per heavy atom. The predicted octanol–water partition coefficient (Wildman–Crippen LogP) is 4.06. The first-order chi connectivity index (χ1) is 14.7. The highest BCUT2D eigenvalue weighted by Crippen LogP contribution is 2.42. The Morgan fingerprint density at radius 3 is 2.27 bits per heavy atom. The molecule has 2 aromatic carbocycles. The van der Waals surface area contributed by atoms with Crippen molar-refractivity contribution >= 4 is 11.5 Å². The van der Waals surface area contributed by atoms with Crippen LogP contribution < -0.4 is 19.1 Å².